The van der Waals surface area contributed by atoms with Crippen molar-refractivity contribution in [2.45, 2.75) is 38.7 Å². The predicted octanol–water partition coefficient (Wildman–Crippen LogP) is 2.32. The standard InChI is InChI=1S/C16H18O5/c1-2-20-16(19)15(18)10-14(17)11-5-3-8-13(9-11)21-12-6-4-7-12/h3,5,8-9,12H,2,4,6-7,10H2,1H3. The normalized spacial score (nSPS) is 14.1. The third kappa shape index (κ3) is 4.15. The molecule has 1 aliphatic carbocycles. The fraction of sp³-hybridized carbons (Fsp3) is 0.438. The summed E-state index contributed by atoms with van der Waals surface area (Å²) in [6, 6.07) is 6.70. The molecular weight excluding hydrogens is 272 g/mol. The van der Waals surface area contributed by atoms with Crippen LogP contribution in [0.4, 0.5) is 0 Å². The Morgan fingerprint density at radius 3 is 2.62 bits per heavy atom. The zero-order valence-corrected chi connectivity index (χ0v) is 12.0. The van der Waals surface area contributed by atoms with Crippen LogP contribution >= 0.6 is 0 Å². The molecule has 0 bridgehead atoms. The summed E-state index contributed by atoms with van der Waals surface area (Å²) in [6.45, 7) is 1.72. The van der Waals surface area contributed by atoms with Crippen molar-refractivity contribution in [1.29, 1.82) is 0 Å². The number of Topliss-reactive ketones (excluding diaryl/α,β-unsaturated/α-hetero) is 2. The van der Waals surface area contributed by atoms with Gasteiger partial charge in [-0.25, -0.2) is 4.79 Å². The number of hydrogen-bond donors (Lipinski definition) is 0. The van der Waals surface area contributed by atoms with Gasteiger partial charge in [0.1, 0.15) is 5.75 Å². The van der Waals surface area contributed by atoms with Gasteiger partial charge in [0.15, 0.2) is 5.78 Å². The SMILES string of the molecule is CCOC(=O)C(=O)CC(=O)c1cccc(OC2CCC2)c1. The minimum Gasteiger partial charge on any atom is -0.490 e. The van der Waals surface area contributed by atoms with Gasteiger partial charge in [-0.05, 0) is 38.3 Å². The first-order valence-electron chi connectivity index (χ1n) is 7.10. The molecule has 0 unspecified atom stereocenters. The molecule has 0 amide bonds. The topological polar surface area (TPSA) is 69.7 Å². The summed E-state index contributed by atoms with van der Waals surface area (Å²) in [5, 5.41) is 0. The van der Waals surface area contributed by atoms with E-state index in [1.54, 1.807) is 31.2 Å². The van der Waals surface area contributed by atoms with Gasteiger partial charge in [-0.2, -0.15) is 0 Å². The lowest BCUT2D eigenvalue weighted by Crippen LogP contribution is -2.24. The van der Waals surface area contributed by atoms with Gasteiger partial charge in [0.2, 0.25) is 5.78 Å². The number of hydrogen-bond acceptors (Lipinski definition) is 5. The molecule has 0 aromatic heterocycles. The summed E-state index contributed by atoms with van der Waals surface area (Å²) in [5.74, 6) is -1.58. The van der Waals surface area contributed by atoms with Gasteiger partial charge in [0.05, 0.1) is 19.1 Å². The summed E-state index contributed by atoms with van der Waals surface area (Å²) >= 11 is 0. The summed E-state index contributed by atoms with van der Waals surface area (Å²) in [6.07, 6.45) is 2.96. The Morgan fingerprint density at radius 2 is 2.00 bits per heavy atom. The third-order valence-electron chi connectivity index (χ3n) is 3.34. The molecule has 112 valence electrons. The van der Waals surface area contributed by atoms with Crippen molar-refractivity contribution >= 4 is 17.5 Å². The second-order valence-electron chi connectivity index (χ2n) is 4.94. The van der Waals surface area contributed by atoms with Gasteiger partial charge in [-0.15, -0.1) is 0 Å². The van der Waals surface area contributed by atoms with Crippen LogP contribution in [-0.4, -0.2) is 30.2 Å². The highest BCUT2D eigenvalue weighted by Crippen LogP contribution is 2.25. The number of rotatable bonds is 7. The molecule has 21 heavy (non-hydrogen) atoms. The molecule has 0 spiro atoms. The molecule has 0 heterocycles. The van der Waals surface area contributed by atoms with E-state index < -0.39 is 24.0 Å². The van der Waals surface area contributed by atoms with Gasteiger partial charge in [0.25, 0.3) is 0 Å². The fourth-order valence-corrected chi connectivity index (χ4v) is 1.96. The Balaban J connectivity index is 1.96. The molecule has 0 N–H and O–H groups in total. The molecule has 0 radical (unpaired) electrons. The third-order valence-corrected chi connectivity index (χ3v) is 3.34. The lowest BCUT2D eigenvalue weighted by atomic mass is 9.96. The molecule has 1 aliphatic rings. The minimum absolute atomic E-state index is 0.115. The Morgan fingerprint density at radius 1 is 1.24 bits per heavy atom. The van der Waals surface area contributed by atoms with Gasteiger partial charge >= 0.3 is 5.97 Å². The lowest BCUT2D eigenvalue weighted by molar-refractivity contribution is -0.153. The first kappa shape index (κ1) is 15.2. The highest BCUT2D eigenvalue weighted by atomic mass is 16.5. The number of ketones is 2. The highest BCUT2D eigenvalue weighted by molar-refractivity contribution is 6.38. The number of carbonyl (C=O) groups is 3. The van der Waals surface area contributed by atoms with Crippen LogP contribution in [0, 0.1) is 0 Å². The first-order chi connectivity index (χ1) is 10.1. The Bertz CT molecular complexity index is 545. The van der Waals surface area contributed by atoms with Crippen molar-refractivity contribution in [3.05, 3.63) is 29.8 Å². The zero-order chi connectivity index (χ0) is 15.2. The predicted molar refractivity (Wildman–Crippen MR) is 75.3 cm³/mol. The molecule has 1 saturated carbocycles. The molecule has 0 saturated heterocycles. The van der Waals surface area contributed by atoms with Crippen molar-refractivity contribution in [3.8, 4) is 5.75 Å². The van der Waals surface area contributed by atoms with E-state index in [4.69, 9.17) is 4.74 Å². The molecule has 1 aromatic rings. The molecule has 2 rings (SSSR count). The molecule has 1 aromatic carbocycles. The van der Waals surface area contributed by atoms with E-state index >= 15 is 0 Å². The van der Waals surface area contributed by atoms with Crippen LogP contribution in [0.15, 0.2) is 24.3 Å². The van der Waals surface area contributed by atoms with Crippen molar-refractivity contribution in [2.24, 2.45) is 0 Å². The van der Waals surface area contributed by atoms with Gasteiger partial charge in [-0.3, -0.25) is 9.59 Å². The maximum Gasteiger partial charge on any atom is 0.375 e. The van der Waals surface area contributed by atoms with Crippen molar-refractivity contribution in [2.75, 3.05) is 6.61 Å². The summed E-state index contributed by atoms with van der Waals surface area (Å²) in [4.78, 5) is 34.7. The Hall–Kier alpha value is -2.17. The molecular formula is C16H18O5. The average Bonchev–Trinajstić information content (AvgIpc) is 2.43. The van der Waals surface area contributed by atoms with Crippen molar-refractivity contribution < 1.29 is 23.9 Å². The van der Waals surface area contributed by atoms with E-state index in [9.17, 15) is 14.4 Å². The van der Waals surface area contributed by atoms with Crippen LogP contribution in [0.3, 0.4) is 0 Å². The average molecular weight is 290 g/mol. The number of ether oxygens (including phenoxy) is 2. The van der Waals surface area contributed by atoms with E-state index in [-0.39, 0.29) is 12.7 Å². The largest absolute Gasteiger partial charge is 0.490 e. The van der Waals surface area contributed by atoms with E-state index in [1.807, 2.05) is 0 Å². The van der Waals surface area contributed by atoms with Crippen LogP contribution in [-0.2, 0) is 14.3 Å². The summed E-state index contributed by atoms with van der Waals surface area (Å²) in [5.41, 5.74) is 0.365. The molecule has 0 aliphatic heterocycles. The number of carbonyl (C=O) groups excluding carboxylic acids is 3. The van der Waals surface area contributed by atoms with E-state index in [1.165, 1.54) is 0 Å². The van der Waals surface area contributed by atoms with E-state index in [2.05, 4.69) is 4.74 Å². The van der Waals surface area contributed by atoms with Gasteiger partial charge in [0, 0.05) is 5.56 Å². The molecule has 5 nitrogen and oxygen atoms in total. The molecule has 0 atom stereocenters. The molecule has 1 fully saturated rings. The maximum absolute atomic E-state index is 12.0. The molecule has 5 heteroatoms. The Labute approximate surface area is 123 Å². The highest BCUT2D eigenvalue weighted by Gasteiger charge is 2.22. The van der Waals surface area contributed by atoms with Gasteiger partial charge in [-0.1, -0.05) is 12.1 Å². The summed E-state index contributed by atoms with van der Waals surface area (Å²) in [7, 11) is 0. The zero-order valence-electron chi connectivity index (χ0n) is 12.0. The van der Waals surface area contributed by atoms with Gasteiger partial charge < -0.3 is 9.47 Å². The van der Waals surface area contributed by atoms with Crippen molar-refractivity contribution in [3.63, 3.8) is 0 Å². The van der Waals surface area contributed by atoms with E-state index in [0.29, 0.717) is 11.3 Å². The van der Waals surface area contributed by atoms with E-state index in [0.717, 1.165) is 19.3 Å². The minimum atomic E-state index is -0.965. The smallest absolute Gasteiger partial charge is 0.375 e. The monoisotopic (exact) mass is 290 g/mol. The lowest BCUT2D eigenvalue weighted by Gasteiger charge is -2.26. The van der Waals surface area contributed by atoms with Crippen LogP contribution in [0.1, 0.15) is 43.0 Å². The number of benzene rings is 1. The van der Waals surface area contributed by atoms with Crippen LogP contribution in [0.5, 0.6) is 5.75 Å². The second kappa shape index (κ2) is 7.02. The second-order valence-corrected chi connectivity index (χ2v) is 4.94. The fourth-order valence-electron chi connectivity index (χ4n) is 1.96. The van der Waals surface area contributed by atoms with Crippen molar-refractivity contribution in [1.82, 2.24) is 0 Å². The van der Waals surface area contributed by atoms with Crippen LogP contribution in [0.2, 0.25) is 0 Å². The Kier molecular flexibility index (Phi) is 5.09. The summed E-state index contributed by atoms with van der Waals surface area (Å²) < 4.78 is 10.3. The van der Waals surface area contributed by atoms with Crippen LogP contribution in [0.25, 0.3) is 0 Å². The number of esters is 1. The first-order valence-corrected chi connectivity index (χ1v) is 7.10. The maximum atomic E-state index is 12.0. The quantitative estimate of drug-likeness (QED) is 0.333. The van der Waals surface area contributed by atoms with Crippen LogP contribution < -0.4 is 4.74 Å².